The van der Waals surface area contributed by atoms with Crippen LogP contribution in [0.3, 0.4) is 0 Å². The van der Waals surface area contributed by atoms with Crippen molar-refractivity contribution in [1.82, 2.24) is 10.2 Å². The lowest BCUT2D eigenvalue weighted by atomic mass is 10.00. The Morgan fingerprint density at radius 3 is 2.47 bits per heavy atom. The van der Waals surface area contributed by atoms with E-state index in [9.17, 15) is 13.2 Å². The molecule has 1 aromatic carbocycles. The molecule has 0 bridgehead atoms. The molecule has 2 heterocycles. The van der Waals surface area contributed by atoms with Crippen LogP contribution < -0.4 is 5.32 Å². The first-order valence-electron chi connectivity index (χ1n) is 10.8. The summed E-state index contributed by atoms with van der Waals surface area (Å²) in [4.78, 5) is 14.6. The van der Waals surface area contributed by atoms with Crippen molar-refractivity contribution in [3.8, 4) is 0 Å². The normalized spacial score (nSPS) is 20.3. The molecule has 0 saturated carbocycles. The molecule has 30 heavy (non-hydrogen) atoms. The van der Waals surface area contributed by atoms with E-state index in [1.165, 1.54) is 0 Å². The Bertz CT molecular complexity index is 987. The van der Waals surface area contributed by atoms with E-state index in [4.69, 9.17) is 0 Å². The molecule has 164 valence electrons. The summed E-state index contributed by atoms with van der Waals surface area (Å²) in [6.07, 6.45) is 3.46. The second-order valence-electron chi connectivity index (χ2n) is 8.60. The summed E-state index contributed by atoms with van der Waals surface area (Å²) in [7, 11) is -3.71. The number of aryl methyl sites for hydroxylation is 2. The van der Waals surface area contributed by atoms with Gasteiger partial charge >= 0.3 is 0 Å². The summed E-state index contributed by atoms with van der Waals surface area (Å²) in [5.41, 5.74) is 3.59. The molecule has 1 fully saturated rings. The van der Waals surface area contributed by atoms with Crippen LogP contribution in [-0.2, 0) is 14.8 Å². The molecular formula is C23H33N3O3S. The van der Waals surface area contributed by atoms with Gasteiger partial charge in [-0.05, 0) is 56.7 Å². The predicted molar refractivity (Wildman–Crippen MR) is 122 cm³/mol. The number of rotatable bonds is 5. The van der Waals surface area contributed by atoms with Gasteiger partial charge in [0, 0.05) is 30.6 Å². The monoisotopic (exact) mass is 431 g/mol. The number of carbonyl (C=O) groups is 1. The number of amidine groups is 1. The first-order chi connectivity index (χ1) is 14.1. The fourth-order valence-electron chi connectivity index (χ4n) is 4.21. The summed E-state index contributed by atoms with van der Waals surface area (Å²) in [6.45, 7) is 11.2. The van der Waals surface area contributed by atoms with Gasteiger partial charge in [0.05, 0.1) is 0 Å². The average molecular weight is 432 g/mol. The summed E-state index contributed by atoms with van der Waals surface area (Å²) >= 11 is 0. The molecule has 0 aliphatic carbocycles. The van der Waals surface area contributed by atoms with Crippen LogP contribution in [0.25, 0.3) is 4.91 Å². The average Bonchev–Trinajstić information content (AvgIpc) is 2.94. The molecule has 2 aliphatic rings. The number of sulfonamides is 1. The van der Waals surface area contributed by atoms with Gasteiger partial charge in [-0.2, -0.15) is 8.42 Å². The number of nitrogens with zero attached hydrogens (tertiary/aromatic N) is 2. The number of nitrogens with one attached hydrogen (secondary N) is 1. The minimum Gasteiger partial charge on any atom is -0.356 e. The number of piperidine rings is 1. The zero-order valence-corrected chi connectivity index (χ0v) is 19.5. The topological polar surface area (TPSA) is 78.8 Å². The van der Waals surface area contributed by atoms with Crippen molar-refractivity contribution in [2.75, 3.05) is 13.1 Å². The number of benzene rings is 1. The maximum absolute atomic E-state index is 12.8. The van der Waals surface area contributed by atoms with Crippen LogP contribution in [0, 0.1) is 19.8 Å². The maximum Gasteiger partial charge on any atom is 0.285 e. The molecule has 1 amide bonds. The van der Waals surface area contributed by atoms with Crippen LogP contribution in [0.4, 0.5) is 0 Å². The fraction of sp³-hybridized carbons (Fsp3) is 0.565. The Kier molecular flexibility index (Phi) is 6.70. The molecule has 7 heteroatoms. The van der Waals surface area contributed by atoms with Gasteiger partial charge in [-0.3, -0.25) is 4.79 Å². The smallest absolute Gasteiger partial charge is 0.285 e. The largest absolute Gasteiger partial charge is 0.356 e. The third-order valence-corrected chi connectivity index (χ3v) is 7.69. The standard InChI is InChI=1S/C23H33N3O3S/c1-6-7-16(3)23(27)24-20-10-12-26(13-11-20)22-18(5)21(30(28,29)25-22)19-9-8-15(2)17(4)14-19/h8-9,14,16,20H,6-7,10-13H2,1-5H3,(H,24,27). The van der Waals surface area contributed by atoms with Gasteiger partial charge < -0.3 is 10.2 Å². The summed E-state index contributed by atoms with van der Waals surface area (Å²) in [5, 5.41) is 3.15. The van der Waals surface area contributed by atoms with E-state index in [-0.39, 0.29) is 17.9 Å². The lowest BCUT2D eigenvalue weighted by molar-refractivity contribution is -0.125. The van der Waals surface area contributed by atoms with Crippen molar-refractivity contribution in [3.63, 3.8) is 0 Å². The van der Waals surface area contributed by atoms with E-state index >= 15 is 0 Å². The van der Waals surface area contributed by atoms with Crippen LogP contribution in [0.5, 0.6) is 0 Å². The highest BCUT2D eigenvalue weighted by Gasteiger charge is 2.35. The van der Waals surface area contributed by atoms with Crippen molar-refractivity contribution < 1.29 is 13.2 Å². The molecule has 0 radical (unpaired) electrons. The Labute approximate surface area is 180 Å². The van der Waals surface area contributed by atoms with Crippen molar-refractivity contribution in [1.29, 1.82) is 0 Å². The number of hydrogen-bond acceptors (Lipinski definition) is 4. The lowest BCUT2D eigenvalue weighted by Crippen LogP contribution is -2.47. The number of likely N-dealkylation sites (tertiary alicyclic amines) is 1. The van der Waals surface area contributed by atoms with Gasteiger partial charge in [0.25, 0.3) is 10.0 Å². The predicted octanol–water partition coefficient (Wildman–Crippen LogP) is 3.79. The Balaban J connectivity index is 1.72. The molecule has 0 spiro atoms. The van der Waals surface area contributed by atoms with E-state index < -0.39 is 10.0 Å². The van der Waals surface area contributed by atoms with Crippen molar-refractivity contribution in [3.05, 3.63) is 40.5 Å². The Hall–Kier alpha value is -2.15. The van der Waals surface area contributed by atoms with Gasteiger partial charge in [0.1, 0.15) is 10.7 Å². The first-order valence-corrected chi connectivity index (χ1v) is 12.3. The van der Waals surface area contributed by atoms with Crippen LogP contribution in [0.2, 0.25) is 0 Å². The molecule has 6 nitrogen and oxygen atoms in total. The highest BCUT2D eigenvalue weighted by molar-refractivity contribution is 8.00. The molecule has 1 atom stereocenters. The van der Waals surface area contributed by atoms with E-state index in [0.717, 1.165) is 36.8 Å². The quantitative estimate of drug-likeness (QED) is 0.769. The zero-order chi connectivity index (χ0) is 22.1. The van der Waals surface area contributed by atoms with Crippen LogP contribution in [0.15, 0.2) is 28.2 Å². The van der Waals surface area contributed by atoms with Crippen molar-refractivity contribution in [2.24, 2.45) is 10.3 Å². The third kappa shape index (κ3) is 4.61. The van der Waals surface area contributed by atoms with Gasteiger partial charge in [-0.25, -0.2) is 0 Å². The summed E-state index contributed by atoms with van der Waals surface area (Å²) in [5.74, 6) is 0.694. The van der Waals surface area contributed by atoms with E-state index in [2.05, 4.69) is 16.6 Å². The minimum absolute atomic E-state index is 0.0306. The van der Waals surface area contributed by atoms with E-state index in [1.807, 2.05) is 50.8 Å². The molecule has 1 N–H and O–H groups in total. The number of hydrogen-bond donors (Lipinski definition) is 1. The van der Waals surface area contributed by atoms with Gasteiger partial charge in [0.15, 0.2) is 0 Å². The second-order valence-corrected chi connectivity index (χ2v) is 10.1. The lowest BCUT2D eigenvalue weighted by Gasteiger charge is -2.34. The zero-order valence-electron chi connectivity index (χ0n) is 18.7. The first kappa shape index (κ1) is 22.5. The molecule has 1 unspecified atom stereocenters. The molecular weight excluding hydrogens is 398 g/mol. The van der Waals surface area contributed by atoms with Gasteiger partial charge in [-0.1, -0.05) is 38.5 Å². The van der Waals surface area contributed by atoms with Gasteiger partial charge in [0.2, 0.25) is 5.91 Å². The highest BCUT2D eigenvalue weighted by atomic mass is 32.2. The van der Waals surface area contributed by atoms with Crippen LogP contribution >= 0.6 is 0 Å². The SMILES string of the molecule is CCCC(C)C(=O)NC1CCN(C2=NS(=O)(=O)C(c3ccc(C)c(C)c3)=C2C)CC1. The maximum atomic E-state index is 12.8. The van der Waals surface area contributed by atoms with E-state index in [0.29, 0.717) is 35.0 Å². The molecule has 2 aliphatic heterocycles. The van der Waals surface area contributed by atoms with Crippen LogP contribution in [-0.4, -0.2) is 44.2 Å². The fourth-order valence-corrected chi connectivity index (χ4v) is 5.68. The molecule has 0 aromatic heterocycles. The highest BCUT2D eigenvalue weighted by Crippen LogP contribution is 2.35. The Morgan fingerprint density at radius 2 is 1.87 bits per heavy atom. The minimum atomic E-state index is -3.71. The molecule has 3 rings (SSSR count). The van der Waals surface area contributed by atoms with Crippen molar-refractivity contribution >= 4 is 26.7 Å². The molecule has 1 saturated heterocycles. The van der Waals surface area contributed by atoms with Crippen molar-refractivity contribution in [2.45, 2.75) is 66.3 Å². The Morgan fingerprint density at radius 1 is 1.20 bits per heavy atom. The third-order valence-electron chi connectivity index (χ3n) is 6.22. The van der Waals surface area contributed by atoms with Crippen LogP contribution in [0.1, 0.15) is 63.1 Å². The van der Waals surface area contributed by atoms with Gasteiger partial charge in [-0.15, -0.1) is 4.40 Å². The summed E-state index contributed by atoms with van der Waals surface area (Å²) in [6, 6.07) is 5.86. The summed E-state index contributed by atoms with van der Waals surface area (Å²) < 4.78 is 29.8. The second kappa shape index (κ2) is 8.92. The van der Waals surface area contributed by atoms with E-state index in [1.54, 1.807) is 0 Å². The molecule has 1 aromatic rings. The number of carbonyl (C=O) groups excluding carboxylic acids is 1. The number of amides is 1.